The van der Waals surface area contributed by atoms with Gasteiger partial charge in [-0.3, -0.25) is 9.69 Å². The topological polar surface area (TPSA) is 36.7 Å². The maximum Gasteiger partial charge on any atom is 0.246 e. The molecular formula is C23H24N2O2. The molecule has 1 amide bonds. The van der Waals surface area contributed by atoms with E-state index in [1.54, 1.807) is 12.2 Å². The van der Waals surface area contributed by atoms with Gasteiger partial charge in [-0.1, -0.05) is 42.0 Å². The first-order valence-corrected chi connectivity index (χ1v) is 9.41. The molecule has 0 bridgehead atoms. The number of rotatable bonds is 4. The third kappa shape index (κ3) is 4.29. The van der Waals surface area contributed by atoms with E-state index in [0.29, 0.717) is 5.76 Å². The summed E-state index contributed by atoms with van der Waals surface area (Å²) in [7, 11) is 0. The minimum absolute atomic E-state index is 0.0472. The Kier molecular flexibility index (Phi) is 5.07. The van der Waals surface area contributed by atoms with Gasteiger partial charge in [0.15, 0.2) is 0 Å². The van der Waals surface area contributed by atoms with Crippen molar-refractivity contribution in [1.82, 2.24) is 9.80 Å². The first-order valence-electron chi connectivity index (χ1n) is 9.41. The average Bonchev–Trinajstić information content (AvgIpc) is 3.09. The number of amides is 1. The summed E-state index contributed by atoms with van der Waals surface area (Å²) >= 11 is 0. The SMILES string of the molecule is Cc1ccc2oc(/C=C/C(=O)N3CCN(Cc4ccccc4)CC3)cc2c1. The molecule has 1 aliphatic heterocycles. The van der Waals surface area contributed by atoms with Crippen LogP contribution < -0.4 is 0 Å². The summed E-state index contributed by atoms with van der Waals surface area (Å²) in [6.45, 7) is 6.32. The van der Waals surface area contributed by atoms with E-state index in [1.807, 2.05) is 29.2 Å². The summed E-state index contributed by atoms with van der Waals surface area (Å²) < 4.78 is 5.78. The van der Waals surface area contributed by atoms with E-state index in [9.17, 15) is 4.79 Å². The van der Waals surface area contributed by atoms with Gasteiger partial charge >= 0.3 is 0 Å². The molecule has 0 radical (unpaired) electrons. The van der Waals surface area contributed by atoms with Crippen LogP contribution in [0.3, 0.4) is 0 Å². The predicted octanol–water partition coefficient (Wildman–Crippen LogP) is 4.10. The van der Waals surface area contributed by atoms with Crippen molar-refractivity contribution in [3.63, 3.8) is 0 Å². The number of aryl methyl sites for hydroxylation is 1. The van der Waals surface area contributed by atoms with Crippen LogP contribution in [0.2, 0.25) is 0 Å². The molecule has 0 atom stereocenters. The van der Waals surface area contributed by atoms with Gasteiger partial charge in [0.2, 0.25) is 5.91 Å². The number of benzene rings is 2. The number of hydrogen-bond acceptors (Lipinski definition) is 3. The standard InChI is InChI=1S/C23H24N2O2/c1-18-7-9-22-20(15-18)16-21(27-22)8-10-23(26)25-13-11-24(12-14-25)17-19-5-3-2-4-6-19/h2-10,15-16H,11-14,17H2,1H3/b10-8+. The molecule has 0 unspecified atom stereocenters. The van der Waals surface area contributed by atoms with E-state index in [0.717, 1.165) is 43.7 Å². The molecule has 1 aliphatic rings. The van der Waals surface area contributed by atoms with Gasteiger partial charge in [-0.15, -0.1) is 0 Å². The molecule has 4 heteroatoms. The van der Waals surface area contributed by atoms with Crippen LogP contribution in [-0.2, 0) is 11.3 Å². The smallest absolute Gasteiger partial charge is 0.246 e. The highest BCUT2D eigenvalue weighted by molar-refractivity contribution is 5.92. The van der Waals surface area contributed by atoms with E-state index in [2.05, 4.69) is 42.2 Å². The second-order valence-electron chi connectivity index (χ2n) is 7.11. The summed E-state index contributed by atoms with van der Waals surface area (Å²) in [4.78, 5) is 16.8. The fourth-order valence-corrected chi connectivity index (χ4v) is 3.49. The van der Waals surface area contributed by atoms with Crippen molar-refractivity contribution < 1.29 is 9.21 Å². The summed E-state index contributed by atoms with van der Waals surface area (Å²) in [6.07, 6.45) is 3.39. The van der Waals surface area contributed by atoms with Gasteiger partial charge in [0.1, 0.15) is 11.3 Å². The average molecular weight is 360 g/mol. The Morgan fingerprint density at radius 3 is 2.59 bits per heavy atom. The fourth-order valence-electron chi connectivity index (χ4n) is 3.49. The first-order chi connectivity index (χ1) is 13.2. The second kappa shape index (κ2) is 7.80. The molecule has 138 valence electrons. The molecule has 4 nitrogen and oxygen atoms in total. The van der Waals surface area contributed by atoms with Crippen molar-refractivity contribution >= 4 is 23.0 Å². The van der Waals surface area contributed by atoms with Crippen LogP contribution in [0.4, 0.5) is 0 Å². The summed E-state index contributed by atoms with van der Waals surface area (Å²) in [5.74, 6) is 0.762. The number of carbonyl (C=O) groups is 1. The zero-order valence-electron chi connectivity index (χ0n) is 15.6. The summed E-state index contributed by atoms with van der Waals surface area (Å²) in [6, 6.07) is 18.5. The highest BCUT2D eigenvalue weighted by Crippen LogP contribution is 2.21. The Bertz CT molecular complexity index is 951. The number of furan rings is 1. The number of fused-ring (bicyclic) bond motifs is 1. The van der Waals surface area contributed by atoms with Crippen molar-refractivity contribution in [2.45, 2.75) is 13.5 Å². The third-order valence-electron chi connectivity index (χ3n) is 5.01. The van der Waals surface area contributed by atoms with Gasteiger partial charge < -0.3 is 9.32 Å². The molecule has 0 aliphatic carbocycles. The van der Waals surface area contributed by atoms with Crippen LogP contribution in [0.1, 0.15) is 16.9 Å². The molecule has 0 N–H and O–H groups in total. The van der Waals surface area contributed by atoms with E-state index >= 15 is 0 Å². The Morgan fingerprint density at radius 1 is 1.04 bits per heavy atom. The lowest BCUT2D eigenvalue weighted by atomic mass is 10.2. The van der Waals surface area contributed by atoms with Crippen molar-refractivity contribution in [2.75, 3.05) is 26.2 Å². The van der Waals surface area contributed by atoms with E-state index in [1.165, 1.54) is 11.1 Å². The number of nitrogens with zero attached hydrogens (tertiary/aromatic N) is 2. The van der Waals surface area contributed by atoms with Crippen molar-refractivity contribution in [3.8, 4) is 0 Å². The summed E-state index contributed by atoms with van der Waals surface area (Å²) in [5.41, 5.74) is 3.36. The molecule has 0 spiro atoms. The van der Waals surface area contributed by atoms with Crippen molar-refractivity contribution in [2.24, 2.45) is 0 Å². The molecular weight excluding hydrogens is 336 g/mol. The van der Waals surface area contributed by atoms with Crippen LogP contribution in [0.5, 0.6) is 0 Å². The molecule has 0 saturated carbocycles. The molecule has 27 heavy (non-hydrogen) atoms. The monoisotopic (exact) mass is 360 g/mol. The maximum atomic E-state index is 12.5. The normalized spacial score (nSPS) is 15.7. The van der Waals surface area contributed by atoms with Gasteiger partial charge in [0.05, 0.1) is 0 Å². The Morgan fingerprint density at radius 2 is 1.81 bits per heavy atom. The highest BCUT2D eigenvalue weighted by atomic mass is 16.3. The molecule has 1 saturated heterocycles. The number of piperazine rings is 1. The van der Waals surface area contributed by atoms with Crippen LogP contribution in [0.25, 0.3) is 17.0 Å². The minimum Gasteiger partial charge on any atom is -0.457 e. The Balaban J connectivity index is 1.32. The number of hydrogen-bond donors (Lipinski definition) is 0. The predicted molar refractivity (Wildman–Crippen MR) is 108 cm³/mol. The maximum absolute atomic E-state index is 12.5. The minimum atomic E-state index is 0.0472. The van der Waals surface area contributed by atoms with Gasteiger partial charge in [0.25, 0.3) is 0 Å². The van der Waals surface area contributed by atoms with Crippen LogP contribution in [-0.4, -0.2) is 41.9 Å². The Labute approximate surface area is 159 Å². The Hall–Kier alpha value is -2.85. The first kappa shape index (κ1) is 17.6. The quantitative estimate of drug-likeness (QED) is 0.657. The molecule has 3 aromatic rings. The number of carbonyl (C=O) groups excluding carboxylic acids is 1. The van der Waals surface area contributed by atoms with Gasteiger partial charge in [-0.2, -0.15) is 0 Å². The largest absolute Gasteiger partial charge is 0.457 e. The van der Waals surface area contributed by atoms with E-state index in [4.69, 9.17) is 4.42 Å². The molecule has 2 heterocycles. The zero-order valence-corrected chi connectivity index (χ0v) is 15.6. The lowest BCUT2D eigenvalue weighted by Crippen LogP contribution is -2.47. The molecule has 2 aromatic carbocycles. The van der Waals surface area contributed by atoms with Gasteiger partial charge in [-0.25, -0.2) is 0 Å². The van der Waals surface area contributed by atoms with Crippen LogP contribution in [0.15, 0.2) is 65.1 Å². The molecule has 1 fully saturated rings. The lowest BCUT2D eigenvalue weighted by molar-refractivity contribution is -0.127. The molecule has 1 aromatic heterocycles. The fraction of sp³-hybridized carbons (Fsp3) is 0.261. The van der Waals surface area contributed by atoms with Crippen LogP contribution >= 0.6 is 0 Å². The van der Waals surface area contributed by atoms with Gasteiger partial charge in [-0.05, 0) is 36.8 Å². The van der Waals surface area contributed by atoms with Crippen molar-refractivity contribution in [3.05, 3.63) is 77.6 Å². The second-order valence-corrected chi connectivity index (χ2v) is 7.11. The zero-order chi connectivity index (χ0) is 18.6. The third-order valence-corrected chi connectivity index (χ3v) is 5.01. The van der Waals surface area contributed by atoms with Gasteiger partial charge in [0, 0.05) is 44.2 Å². The molecule has 4 rings (SSSR count). The highest BCUT2D eigenvalue weighted by Gasteiger charge is 2.19. The van der Waals surface area contributed by atoms with E-state index in [-0.39, 0.29) is 5.91 Å². The lowest BCUT2D eigenvalue weighted by Gasteiger charge is -2.34. The van der Waals surface area contributed by atoms with Crippen molar-refractivity contribution in [1.29, 1.82) is 0 Å². The van der Waals surface area contributed by atoms with E-state index < -0.39 is 0 Å². The van der Waals surface area contributed by atoms with Crippen LogP contribution in [0, 0.1) is 6.92 Å². The summed E-state index contributed by atoms with van der Waals surface area (Å²) in [5, 5.41) is 1.07.